The maximum atomic E-state index is 13.8. The standard InChI is InChI=1S/C14H18FN3O/c1-3-6-18-9-12(8-17-18)19-14-5-4-11(10(2)16)7-13(14)15/h4-5,7-10H,3,6,16H2,1-2H3/t10-/m1/s1. The smallest absolute Gasteiger partial charge is 0.166 e. The SMILES string of the molecule is CCCn1cc(Oc2ccc([C@@H](C)N)cc2F)cn1. The molecule has 102 valence electrons. The van der Waals surface area contributed by atoms with Gasteiger partial charge in [-0.1, -0.05) is 13.0 Å². The zero-order valence-electron chi connectivity index (χ0n) is 11.1. The predicted octanol–water partition coefficient (Wildman–Crippen LogP) is 3.24. The Hall–Kier alpha value is -1.88. The van der Waals surface area contributed by atoms with Crippen molar-refractivity contribution in [2.24, 2.45) is 5.73 Å². The second-order valence-electron chi connectivity index (χ2n) is 4.52. The predicted molar refractivity (Wildman–Crippen MR) is 71.6 cm³/mol. The Bertz CT molecular complexity index is 551. The van der Waals surface area contributed by atoms with E-state index in [-0.39, 0.29) is 11.8 Å². The topological polar surface area (TPSA) is 53.1 Å². The lowest BCUT2D eigenvalue weighted by atomic mass is 10.1. The minimum absolute atomic E-state index is 0.181. The van der Waals surface area contributed by atoms with Gasteiger partial charge < -0.3 is 10.5 Å². The van der Waals surface area contributed by atoms with Gasteiger partial charge in [-0.25, -0.2) is 4.39 Å². The van der Waals surface area contributed by atoms with Crippen LogP contribution < -0.4 is 10.5 Å². The number of hydrogen-bond donors (Lipinski definition) is 1. The first-order valence-corrected chi connectivity index (χ1v) is 6.35. The van der Waals surface area contributed by atoms with Gasteiger partial charge in [0.25, 0.3) is 0 Å². The fraction of sp³-hybridized carbons (Fsp3) is 0.357. The van der Waals surface area contributed by atoms with Crippen molar-refractivity contribution in [3.05, 3.63) is 42.0 Å². The number of benzene rings is 1. The van der Waals surface area contributed by atoms with Crippen LogP contribution in [0.15, 0.2) is 30.6 Å². The van der Waals surface area contributed by atoms with Crippen molar-refractivity contribution in [1.82, 2.24) is 9.78 Å². The average Bonchev–Trinajstić information content (AvgIpc) is 2.79. The van der Waals surface area contributed by atoms with Gasteiger partial charge in [-0.3, -0.25) is 4.68 Å². The number of aromatic nitrogens is 2. The molecule has 1 aromatic carbocycles. The van der Waals surface area contributed by atoms with Gasteiger partial charge in [0.1, 0.15) is 0 Å². The summed E-state index contributed by atoms with van der Waals surface area (Å²) in [5.74, 6) is 0.291. The van der Waals surface area contributed by atoms with Crippen molar-refractivity contribution in [2.75, 3.05) is 0 Å². The van der Waals surface area contributed by atoms with E-state index >= 15 is 0 Å². The zero-order chi connectivity index (χ0) is 13.8. The summed E-state index contributed by atoms with van der Waals surface area (Å²) in [6.07, 6.45) is 4.32. The largest absolute Gasteiger partial charge is 0.451 e. The second-order valence-corrected chi connectivity index (χ2v) is 4.52. The zero-order valence-corrected chi connectivity index (χ0v) is 11.1. The molecular weight excluding hydrogens is 245 g/mol. The van der Waals surface area contributed by atoms with E-state index in [0.717, 1.165) is 18.5 Å². The Morgan fingerprint density at radius 2 is 2.26 bits per heavy atom. The maximum Gasteiger partial charge on any atom is 0.166 e. The van der Waals surface area contributed by atoms with Crippen LogP contribution in [0.5, 0.6) is 11.5 Å². The third kappa shape index (κ3) is 3.32. The van der Waals surface area contributed by atoms with Gasteiger partial charge in [0, 0.05) is 12.6 Å². The van der Waals surface area contributed by atoms with E-state index < -0.39 is 5.82 Å². The minimum atomic E-state index is -0.418. The Morgan fingerprint density at radius 3 is 2.89 bits per heavy atom. The summed E-state index contributed by atoms with van der Waals surface area (Å²) in [4.78, 5) is 0. The maximum absolute atomic E-state index is 13.8. The molecule has 0 spiro atoms. The normalized spacial score (nSPS) is 12.4. The van der Waals surface area contributed by atoms with Crippen molar-refractivity contribution in [1.29, 1.82) is 0 Å². The molecular formula is C14H18FN3O. The van der Waals surface area contributed by atoms with Crippen molar-refractivity contribution >= 4 is 0 Å². The van der Waals surface area contributed by atoms with Crippen LogP contribution in [0.2, 0.25) is 0 Å². The minimum Gasteiger partial charge on any atom is -0.451 e. The lowest BCUT2D eigenvalue weighted by Crippen LogP contribution is -2.05. The van der Waals surface area contributed by atoms with E-state index in [0.29, 0.717) is 5.75 Å². The molecule has 2 aromatic rings. The van der Waals surface area contributed by atoms with Crippen LogP contribution in [-0.4, -0.2) is 9.78 Å². The number of nitrogens with zero attached hydrogens (tertiary/aromatic N) is 2. The van der Waals surface area contributed by atoms with E-state index in [1.165, 1.54) is 6.07 Å². The van der Waals surface area contributed by atoms with E-state index in [4.69, 9.17) is 10.5 Å². The Kier molecular flexibility index (Phi) is 4.16. The van der Waals surface area contributed by atoms with Crippen LogP contribution in [0.25, 0.3) is 0 Å². The van der Waals surface area contributed by atoms with Gasteiger partial charge in [0.2, 0.25) is 0 Å². The molecule has 0 bridgehead atoms. The van der Waals surface area contributed by atoms with E-state index in [1.54, 1.807) is 29.2 Å². The summed E-state index contributed by atoms with van der Waals surface area (Å²) in [6, 6.07) is 4.55. The second kappa shape index (κ2) is 5.84. The fourth-order valence-electron chi connectivity index (χ4n) is 1.76. The Balaban J connectivity index is 2.13. The fourth-order valence-corrected chi connectivity index (χ4v) is 1.76. The number of rotatable bonds is 5. The monoisotopic (exact) mass is 263 g/mol. The summed E-state index contributed by atoms with van der Waals surface area (Å²) in [5.41, 5.74) is 6.44. The average molecular weight is 263 g/mol. The molecule has 0 aliphatic carbocycles. The molecule has 0 aliphatic heterocycles. The van der Waals surface area contributed by atoms with Gasteiger partial charge in [-0.05, 0) is 31.0 Å². The number of nitrogens with two attached hydrogens (primary N) is 1. The van der Waals surface area contributed by atoms with Gasteiger partial charge in [0.15, 0.2) is 17.3 Å². The van der Waals surface area contributed by atoms with Gasteiger partial charge in [-0.2, -0.15) is 5.10 Å². The molecule has 4 nitrogen and oxygen atoms in total. The number of hydrogen-bond acceptors (Lipinski definition) is 3. The number of ether oxygens (including phenoxy) is 1. The first kappa shape index (κ1) is 13.5. The third-order valence-electron chi connectivity index (χ3n) is 2.77. The Morgan fingerprint density at radius 1 is 1.47 bits per heavy atom. The quantitative estimate of drug-likeness (QED) is 0.901. The van der Waals surface area contributed by atoms with Crippen molar-refractivity contribution in [3.8, 4) is 11.5 Å². The molecule has 1 heterocycles. The molecule has 5 heteroatoms. The van der Waals surface area contributed by atoms with E-state index in [2.05, 4.69) is 12.0 Å². The highest BCUT2D eigenvalue weighted by Crippen LogP contribution is 2.26. The van der Waals surface area contributed by atoms with Crippen LogP contribution in [0.3, 0.4) is 0 Å². The molecule has 19 heavy (non-hydrogen) atoms. The molecule has 0 saturated heterocycles. The molecule has 0 saturated carbocycles. The van der Waals surface area contributed by atoms with Crippen molar-refractivity contribution < 1.29 is 9.13 Å². The van der Waals surface area contributed by atoms with Crippen molar-refractivity contribution in [2.45, 2.75) is 32.9 Å². The summed E-state index contributed by atoms with van der Waals surface area (Å²) < 4.78 is 21.1. The molecule has 2 rings (SSSR count). The highest BCUT2D eigenvalue weighted by Gasteiger charge is 2.09. The van der Waals surface area contributed by atoms with Gasteiger partial charge >= 0.3 is 0 Å². The number of halogens is 1. The van der Waals surface area contributed by atoms with E-state index in [9.17, 15) is 4.39 Å². The lowest BCUT2D eigenvalue weighted by molar-refractivity contribution is 0.440. The Labute approximate surface area is 112 Å². The highest BCUT2D eigenvalue weighted by molar-refractivity contribution is 5.33. The summed E-state index contributed by atoms with van der Waals surface area (Å²) >= 11 is 0. The molecule has 2 N–H and O–H groups in total. The van der Waals surface area contributed by atoms with Crippen molar-refractivity contribution in [3.63, 3.8) is 0 Å². The third-order valence-corrected chi connectivity index (χ3v) is 2.77. The highest BCUT2D eigenvalue weighted by atomic mass is 19.1. The first-order chi connectivity index (χ1) is 9.10. The first-order valence-electron chi connectivity index (χ1n) is 6.35. The molecule has 1 atom stereocenters. The summed E-state index contributed by atoms with van der Waals surface area (Å²) in [7, 11) is 0. The molecule has 0 amide bonds. The van der Waals surface area contributed by atoms with Crippen LogP contribution in [0.1, 0.15) is 31.9 Å². The van der Waals surface area contributed by atoms with Crippen LogP contribution >= 0.6 is 0 Å². The van der Waals surface area contributed by atoms with Crippen LogP contribution in [-0.2, 0) is 6.54 Å². The lowest BCUT2D eigenvalue weighted by Gasteiger charge is -2.08. The summed E-state index contributed by atoms with van der Waals surface area (Å²) in [5, 5.41) is 4.13. The number of aryl methyl sites for hydroxylation is 1. The molecule has 0 unspecified atom stereocenters. The molecule has 1 aromatic heterocycles. The van der Waals surface area contributed by atoms with Crippen LogP contribution in [0, 0.1) is 5.82 Å². The molecule has 0 fully saturated rings. The molecule has 0 aliphatic rings. The molecule has 0 radical (unpaired) electrons. The van der Waals surface area contributed by atoms with Gasteiger partial charge in [-0.15, -0.1) is 0 Å². The van der Waals surface area contributed by atoms with E-state index in [1.807, 2.05) is 6.92 Å². The van der Waals surface area contributed by atoms with Gasteiger partial charge in [0.05, 0.1) is 12.4 Å². The van der Waals surface area contributed by atoms with Crippen LogP contribution in [0.4, 0.5) is 4.39 Å². The summed E-state index contributed by atoms with van der Waals surface area (Å²) in [6.45, 7) is 4.69.